The van der Waals surface area contributed by atoms with Gasteiger partial charge >= 0.3 is 5.97 Å². The van der Waals surface area contributed by atoms with E-state index in [1.54, 1.807) is 18.2 Å². The molecule has 0 fully saturated rings. The summed E-state index contributed by atoms with van der Waals surface area (Å²) in [7, 11) is 0. The Kier molecular flexibility index (Phi) is 3.34. The zero-order chi connectivity index (χ0) is 15.7. The number of nitrogens with two attached hydrogens (primary N) is 1. The second kappa shape index (κ2) is 5.33. The molecule has 110 valence electrons. The molecule has 1 aromatic heterocycles. The van der Waals surface area contributed by atoms with Crippen LogP contribution in [0.25, 0.3) is 10.8 Å². The summed E-state index contributed by atoms with van der Waals surface area (Å²) in [4.78, 5) is 15.0. The van der Waals surface area contributed by atoms with Crippen molar-refractivity contribution in [3.8, 4) is 0 Å². The molecule has 0 unspecified atom stereocenters. The van der Waals surface area contributed by atoms with Crippen LogP contribution in [-0.4, -0.2) is 16.1 Å². The lowest BCUT2D eigenvalue weighted by atomic mass is 10.1. The van der Waals surface area contributed by atoms with E-state index < -0.39 is 11.8 Å². The van der Waals surface area contributed by atoms with Crippen LogP contribution in [0.15, 0.2) is 48.7 Å². The number of halogens is 1. The molecule has 0 atom stereocenters. The van der Waals surface area contributed by atoms with E-state index in [-0.39, 0.29) is 5.56 Å². The summed E-state index contributed by atoms with van der Waals surface area (Å²) in [6.45, 7) is 0. The first-order chi connectivity index (χ1) is 10.6. The number of nitrogen functional groups attached to an aromatic ring is 1. The number of fused-ring (bicyclic) bond motifs is 1. The van der Waals surface area contributed by atoms with E-state index in [1.165, 1.54) is 30.5 Å². The van der Waals surface area contributed by atoms with Gasteiger partial charge in [-0.2, -0.15) is 0 Å². The molecule has 0 saturated carbocycles. The lowest BCUT2D eigenvalue weighted by Crippen LogP contribution is -1.99. The summed E-state index contributed by atoms with van der Waals surface area (Å²) in [5, 5.41) is 12.7. The number of carboxylic acid groups (broad SMARTS) is 1. The van der Waals surface area contributed by atoms with Gasteiger partial charge in [0.15, 0.2) is 0 Å². The van der Waals surface area contributed by atoms with E-state index in [0.29, 0.717) is 28.0 Å². The van der Waals surface area contributed by atoms with Crippen LogP contribution < -0.4 is 11.1 Å². The van der Waals surface area contributed by atoms with Crippen molar-refractivity contribution in [1.29, 1.82) is 0 Å². The molecular formula is C16H12FN3O2. The number of anilines is 3. The summed E-state index contributed by atoms with van der Waals surface area (Å²) in [5.41, 5.74) is 7.09. The number of carbonyl (C=O) groups is 1. The number of rotatable bonds is 3. The zero-order valence-electron chi connectivity index (χ0n) is 11.4. The van der Waals surface area contributed by atoms with Gasteiger partial charge in [0.25, 0.3) is 0 Å². The van der Waals surface area contributed by atoms with Crippen LogP contribution in [0, 0.1) is 5.82 Å². The van der Waals surface area contributed by atoms with Crippen molar-refractivity contribution in [3.05, 3.63) is 60.0 Å². The van der Waals surface area contributed by atoms with Gasteiger partial charge in [-0.3, -0.25) is 0 Å². The molecule has 0 aliphatic rings. The average Bonchev–Trinajstić information content (AvgIpc) is 2.52. The standard InChI is InChI=1S/C16H12FN3O2/c17-12-5-6-13(18)11-7-8-19-15(14(11)12)20-10-3-1-9(2-4-10)16(21)22/h1-8H,18H2,(H,19,20)(H,21,22). The molecule has 22 heavy (non-hydrogen) atoms. The van der Waals surface area contributed by atoms with Crippen molar-refractivity contribution in [3.63, 3.8) is 0 Å². The molecule has 2 aromatic carbocycles. The van der Waals surface area contributed by atoms with Gasteiger partial charge in [-0.15, -0.1) is 0 Å². The Morgan fingerprint density at radius 2 is 1.86 bits per heavy atom. The fourth-order valence-corrected chi connectivity index (χ4v) is 2.21. The summed E-state index contributed by atoms with van der Waals surface area (Å²) < 4.78 is 14.1. The van der Waals surface area contributed by atoms with Crippen molar-refractivity contribution in [2.24, 2.45) is 0 Å². The topological polar surface area (TPSA) is 88.2 Å². The number of hydrogen-bond acceptors (Lipinski definition) is 4. The third-order valence-electron chi connectivity index (χ3n) is 3.30. The van der Waals surface area contributed by atoms with Crippen LogP contribution in [0.4, 0.5) is 21.6 Å². The molecule has 0 radical (unpaired) electrons. The minimum absolute atomic E-state index is 0.173. The number of aromatic nitrogens is 1. The molecule has 0 aliphatic carbocycles. The van der Waals surface area contributed by atoms with Crippen LogP contribution in [0.5, 0.6) is 0 Å². The van der Waals surface area contributed by atoms with Gasteiger partial charge < -0.3 is 16.2 Å². The van der Waals surface area contributed by atoms with Crippen LogP contribution in [-0.2, 0) is 0 Å². The minimum atomic E-state index is -1.01. The second-order valence-electron chi connectivity index (χ2n) is 4.73. The van der Waals surface area contributed by atoms with Gasteiger partial charge in [0, 0.05) is 23.0 Å². The molecule has 0 aliphatic heterocycles. The predicted molar refractivity (Wildman–Crippen MR) is 82.8 cm³/mol. The molecule has 0 bridgehead atoms. The maximum absolute atomic E-state index is 14.1. The highest BCUT2D eigenvalue weighted by atomic mass is 19.1. The number of pyridine rings is 1. The van der Waals surface area contributed by atoms with E-state index in [1.807, 2.05) is 0 Å². The zero-order valence-corrected chi connectivity index (χ0v) is 11.4. The number of hydrogen-bond donors (Lipinski definition) is 3. The first-order valence-electron chi connectivity index (χ1n) is 6.49. The lowest BCUT2D eigenvalue weighted by molar-refractivity contribution is 0.0697. The minimum Gasteiger partial charge on any atom is -0.478 e. The molecule has 4 N–H and O–H groups in total. The first-order valence-corrected chi connectivity index (χ1v) is 6.49. The van der Waals surface area contributed by atoms with Crippen molar-refractivity contribution in [1.82, 2.24) is 4.98 Å². The number of nitrogens with zero attached hydrogens (tertiary/aromatic N) is 1. The molecule has 0 amide bonds. The summed E-state index contributed by atoms with van der Waals surface area (Å²) in [6, 6.07) is 10.5. The fourth-order valence-electron chi connectivity index (χ4n) is 2.21. The molecule has 5 nitrogen and oxygen atoms in total. The highest BCUT2D eigenvalue weighted by Crippen LogP contribution is 2.30. The Morgan fingerprint density at radius 3 is 2.55 bits per heavy atom. The Labute approximate surface area is 125 Å². The van der Waals surface area contributed by atoms with Crippen LogP contribution in [0.3, 0.4) is 0 Å². The molecule has 1 heterocycles. The third-order valence-corrected chi connectivity index (χ3v) is 3.30. The molecule has 3 aromatic rings. The summed E-state index contributed by atoms with van der Waals surface area (Å²) in [6.07, 6.45) is 1.53. The van der Waals surface area contributed by atoms with E-state index in [2.05, 4.69) is 10.3 Å². The highest BCUT2D eigenvalue weighted by Gasteiger charge is 2.10. The predicted octanol–water partition coefficient (Wildman–Crippen LogP) is 3.40. The Balaban J connectivity index is 2.04. The Hall–Kier alpha value is -3.15. The van der Waals surface area contributed by atoms with Crippen molar-refractivity contribution < 1.29 is 14.3 Å². The summed E-state index contributed by atoms with van der Waals surface area (Å²) >= 11 is 0. The fraction of sp³-hybridized carbons (Fsp3) is 0. The van der Waals surface area contributed by atoms with Gasteiger partial charge in [-0.05, 0) is 42.5 Å². The number of benzene rings is 2. The Morgan fingerprint density at radius 1 is 1.14 bits per heavy atom. The molecule has 0 spiro atoms. The normalized spacial score (nSPS) is 10.6. The van der Waals surface area contributed by atoms with Gasteiger partial charge in [-0.25, -0.2) is 14.2 Å². The van der Waals surface area contributed by atoms with E-state index in [4.69, 9.17) is 10.8 Å². The van der Waals surface area contributed by atoms with E-state index in [0.717, 1.165) is 0 Å². The van der Waals surface area contributed by atoms with E-state index >= 15 is 0 Å². The van der Waals surface area contributed by atoms with Gasteiger partial charge in [-0.1, -0.05) is 0 Å². The van der Waals surface area contributed by atoms with Crippen LogP contribution in [0.1, 0.15) is 10.4 Å². The smallest absolute Gasteiger partial charge is 0.335 e. The maximum Gasteiger partial charge on any atom is 0.335 e. The number of aromatic carboxylic acids is 1. The second-order valence-corrected chi connectivity index (χ2v) is 4.73. The van der Waals surface area contributed by atoms with E-state index in [9.17, 15) is 9.18 Å². The molecule has 3 rings (SSSR count). The SMILES string of the molecule is Nc1ccc(F)c2c(Nc3ccc(C(=O)O)cc3)nccc12. The van der Waals surface area contributed by atoms with Crippen molar-refractivity contribution in [2.75, 3.05) is 11.1 Å². The van der Waals surface area contributed by atoms with Gasteiger partial charge in [0.05, 0.1) is 10.9 Å². The largest absolute Gasteiger partial charge is 0.478 e. The maximum atomic E-state index is 14.1. The quantitative estimate of drug-likeness (QED) is 0.645. The summed E-state index contributed by atoms with van der Waals surface area (Å²) in [5.74, 6) is -1.11. The lowest BCUT2D eigenvalue weighted by Gasteiger charge is -2.11. The number of nitrogens with one attached hydrogen (secondary N) is 1. The first kappa shape index (κ1) is 13.8. The van der Waals surface area contributed by atoms with Crippen molar-refractivity contribution >= 4 is 33.9 Å². The molecular weight excluding hydrogens is 285 g/mol. The Bertz CT molecular complexity index is 863. The van der Waals surface area contributed by atoms with Crippen LogP contribution in [0.2, 0.25) is 0 Å². The van der Waals surface area contributed by atoms with Gasteiger partial charge in [0.1, 0.15) is 11.6 Å². The van der Waals surface area contributed by atoms with Crippen molar-refractivity contribution in [2.45, 2.75) is 0 Å². The van der Waals surface area contributed by atoms with Crippen LogP contribution >= 0.6 is 0 Å². The molecule has 6 heteroatoms. The highest BCUT2D eigenvalue weighted by molar-refractivity contribution is 6.00. The average molecular weight is 297 g/mol. The third kappa shape index (κ3) is 2.42. The molecule has 0 saturated heterocycles. The monoisotopic (exact) mass is 297 g/mol. The van der Waals surface area contributed by atoms with Gasteiger partial charge in [0.2, 0.25) is 0 Å². The number of carboxylic acids is 1.